The van der Waals surface area contributed by atoms with Crippen molar-refractivity contribution in [1.29, 1.82) is 0 Å². The molecule has 1 heterocycles. The molecule has 0 spiro atoms. The van der Waals surface area contributed by atoms with Crippen LogP contribution in [0.25, 0.3) is 10.8 Å². The molecule has 1 aromatic heterocycles. The second-order valence-corrected chi connectivity index (χ2v) is 4.21. The molecule has 0 aliphatic heterocycles. The van der Waals surface area contributed by atoms with Gasteiger partial charge in [0.15, 0.2) is 0 Å². The lowest BCUT2D eigenvalue weighted by Gasteiger charge is -2.05. The molecule has 0 unspecified atom stereocenters. The molecule has 0 bridgehead atoms. The maximum absolute atomic E-state index is 9.96. The third kappa shape index (κ3) is 2.29. The molecule has 0 amide bonds. The summed E-state index contributed by atoms with van der Waals surface area (Å²) in [4.78, 5) is 12.1. The fraction of sp³-hybridized carbons (Fsp3) is 0. The molecular weight excluding hydrogens is 254 g/mol. The second kappa shape index (κ2) is 4.97. The van der Waals surface area contributed by atoms with E-state index in [-0.39, 0.29) is 11.5 Å². The standard InChI is InChI=1S/C15H11N3O2/c19-11-4-2-10-3-5-14(20)13(12(10)8-11)9-18-15-16-6-1-7-17-15/h1-9,19-20H/b18-9+. The Hall–Kier alpha value is -2.95. The van der Waals surface area contributed by atoms with Gasteiger partial charge in [0, 0.05) is 24.2 Å². The van der Waals surface area contributed by atoms with Crippen LogP contribution in [0.1, 0.15) is 5.56 Å². The molecule has 3 rings (SSSR count). The lowest BCUT2D eigenvalue weighted by Crippen LogP contribution is -1.87. The van der Waals surface area contributed by atoms with Gasteiger partial charge in [0.1, 0.15) is 11.5 Å². The Balaban J connectivity index is 2.13. The minimum atomic E-state index is 0.0859. The van der Waals surface area contributed by atoms with Gasteiger partial charge in [-0.15, -0.1) is 0 Å². The van der Waals surface area contributed by atoms with Crippen molar-refractivity contribution >= 4 is 22.9 Å². The van der Waals surface area contributed by atoms with Crippen molar-refractivity contribution in [1.82, 2.24) is 9.97 Å². The predicted octanol–water partition coefficient (Wildman–Crippen LogP) is 2.79. The lowest BCUT2D eigenvalue weighted by atomic mass is 10.0. The largest absolute Gasteiger partial charge is 0.508 e. The molecule has 20 heavy (non-hydrogen) atoms. The Morgan fingerprint density at radius 3 is 2.55 bits per heavy atom. The Bertz CT molecular complexity index is 780. The van der Waals surface area contributed by atoms with Gasteiger partial charge in [0.05, 0.1) is 0 Å². The summed E-state index contributed by atoms with van der Waals surface area (Å²) in [5.74, 6) is 0.528. The molecular formula is C15H11N3O2. The minimum absolute atomic E-state index is 0.0859. The van der Waals surface area contributed by atoms with Gasteiger partial charge in [-0.2, -0.15) is 0 Å². The molecule has 0 aliphatic carbocycles. The van der Waals surface area contributed by atoms with Crippen molar-refractivity contribution in [3.63, 3.8) is 0 Å². The van der Waals surface area contributed by atoms with E-state index in [4.69, 9.17) is 0 Å². The zero-order chi connectivity index (χ0) is 13.9. The maximum atomic E-state index is 9.96. The van der Waals surface area contributed by atoms with Crippen LogP contribution in [-0.2, 0) is 0 Å². The lowest BCUT2D eigenvalue weighted by molar-refractivity contribution is 0.474. The summed E-state index contributed by atoms with van der Waals surface area (Å²) in [5.41, 5.74) is 0.519. The van der Waals surface area contributed by atoms with Crippen molar-refractivity contribution in [2.45, 2.75) is 0 Å². The zero-order valence-electron chi connectivity index (χ0n) is 10.4. The zero-order valence-corrected chi connectivity index (χ0v) is 10.4. The van der Waals surface area contributed by atoms with Crippen molar-refractivity contribution in [2.24, 2.45) is 4.99 Å². The highest BCUT2D eigenvalue weighted by molar-refractivity contribution is 6.03. The van der Waals surface area contributed by atoms with E-state index in [1.807, 2.05) is 0 Å². The van der Waals surface area contributed by atoms with Gasteiger partial charge in [-0.05, 0) is 35.0 Å². The smallest absolute Gasteiger partial charge is 0.249 e. The number of phenolic OH excluding ortho intramolecular Hbond substituents is 2. The van der Waals surface area contributed by atoms with E-state index in [0.29, 0.717) is 16.9 Å². The van der Waals surface area contributed by atoms with Crippen LogP contribution in [0.3, 0.4) is 0 Å². The number of hydrogen-bond donors (Lipinski definition) is 2. The molecule has 0 fully saturated rings. The number of hydrogen-bond acceptors (Lipinski definition) is 5. The van der Waals surface area contributed by atoms with E-state index in [1.54, 1.807) is 48.8 Å². The SMILES string of the molecule is Oc1ccc2ccc(O)c(/C=N/c3ncccn3)c2c1. The highest BCUT2D eigenvalue weighted by Crippen LogP contribution is 2.28. The van der Waals surface area contributed by atoms with Gasteiger partial charge in [-0.3, -0.25) is 0 Å². The van der Waals surface area contributed by atoms with Crippen molar-refractivity contribution in [3.8, 4) is 11.5 Å². The first-order valence-electron chi connectivity index (χ1n) is 6.00. The third-order valence-corrected chi connectivity index (χ3v) is 2.89. The molecule has 2 N–H and O–H groups in total. The van der Waals surface area contributed by atoms with Gasteiger partial charge in [0.25, 0.3) is 0 Å². The number of aromatic hydroxyl groups is 2. The molecule has 5 heteroatoms. The minimum Gasteiger partial charge on any atom is -0.508 e. The summed E-state index contributed by atoms with van der Waals surface area (Å²) in [6.45, 7) is 0. The summed E-state index contributed by atoms with van der Waals surface area (Å²) in [6.07, 6.45) is 4.68. The van der Waals surface area contributed by atoms with Crippen molar-refractivity contribution < 1.29 is 10.2 Å². The van der Waals surface area contributed by atoms with Crippen LogP contribution in [0.4, 0.5) is 5.95 Å². The van der Waals surface area contributed by atoms with Crippen LogP contribution < -0.4 is 0 Å². The normalized spacial score (nSPS) is 11.2. The van der Waals surface area contributed by atoms with E-state index >= 15 is 0 Å². The Morgan fingerprint density at radius 1 is 1.00 bits per heavy atom. The predicted molar refractivity (Wildman–Crippen MR) is 76.6 cm³/mol. The van der Waals surface area contributed by atoms with Gasteiger partial charge in [0.2, 0.25) is 5.95 Å². The van der Waals surface area contributed by atoms with Gasteiger partial charge < -0.3 is 10.2 Å². The first-order chi connectivity index (χ1) is 9.74. The fourth-order valence-electron chi connectivity index (χ4n) is 1.94. The number of nitrogens with zero attached hydrogens (tertiary/aromatic N) is 3. The number of aromatic nitrogens is 2. The van der Waals surface area contributed by atoms with E-state index < -0.39 is 0 Å². The fourth-order valence-corrected chi connectivity index (χ4v) is 1.94. The highest BCUT2D eigenvalue weighted by Gasteiger charge is 2.06. The molecule has 0 saturated heterocycles. The highest BCUT2D eigenvalue weighted by atomic mass is 16.3. The Morgan fingerprint density at radius 2 is 1.75 bits per heavy atom. The van der Waals surface area contributed by atoms with E-state index in [9.17, 15) is 10.2 Å². The van der Waals surface area contributed by atoms with Crippen LogP contribution in [0.5, 0.6) is 11.5 Å². The summed E-state index contributed by atoms with van der Waals surface area (Å²) in [5, 5.41) is 21.2. The molecule has 3 aromatic rings. The van der Waals surface area contributed by atoms with E-state index in [1.165, 1.54) is 6.21 Å². The number of phenols is 2. The average molecular weight is 265 g/mol. The van der Waals surface area contributed by atoms with E-state index in [0.717, 1.165) is 5.39 Å². The second-order valence-electron chi connectivity index (χ2n) is 4.21. The Labute approximate surface area is 114 Å². The molecule has 0 aliphatic rings. The van der Waals surface area contributed by atoms with E-state index in [2.05, 4.69) is 15.0 Å². The maximum Gasteiger partial charge on any atom is 0.249 e. The van der Waals surface area contributed by atoms with Crippen molar-refractivity contribution in [3.05, 3.63) is 54.4 Å². The topological polar surface area (TPSA) is 78.6 Å². The third-order valence-electron chi connectivity index (χ3n) is 2.89. The quantitative estimate of drug-likeness (QED) is 0.698. The summed E-state index contributed by atoms with van der Waals surface area (Å²) < 4.78 is 0. The van der Waals surface area contributed by atoms with Crippen LogP contribution >= 0.6 is 0 Å². The first-order valence-corrected chi connectivity index (χ1v) is 6.00. The van der Waals surface area contributed by atoms with Gasteiger partial charge >= 0.3 is 0 Å². The van der Waals surface area contributed by atoms with Crippen molar-refractivity contribution in [2.75, 3.05) is 0 Å². The molecule has 2 aromatic carbocycles. The molecule has 5 nitrogen and oxygen atoms in total. The molecule has 0 radical (unpaired) electrons. The summed E-state index contributed by atoms with van der Waals surface area (Å²) >= 11 is 0. The Kier molecular flexibility index (Phi) is 3.01. The van der Waals surface area contributed by atoms with Crippen LogP contribution in [0.15, 0.2) is 53.8 Å². The monoisotopic (exact) mass is 265 g/mol. The number of fused-ring (bicyclic) bond motifs is 1. The van der Waals surface area contributed by atoms with Gasteiger partial charge in [-0.25, -0.2) is 15.0 Å². The molecule has 0 atom stereocenters. The molecule has 0 saturated carbocycles. The number of benzene rings is 2. The number of rotatable bonds is 2. The van der Waals surface area contributed by atoms with Crippen LogP contribution in [0.2, 0.25) is 0 Å². The van der Waals surface area contributed by atoms with Crippen LogP contribution in [-0.4, -0.2) is 26.4 Å². The number of aliphatic imine (C=N–C) groups is 1. The summed E-state index contributed by atoms with van der Waals surface area (Å²) in [6, 6.07) is 10.0. The van der Waals surface area contributed by atoms with Crippen LogP contribution in [0, 0.1) is 0 Å². The average Bonchev–Trinajstić information content (AvgIpc) is 2.47. The molecule has 98 valence electrons. The first kappa shape index (κ1) is 12.1. The summed E-state index contributed by atoms with van der Waals surface area (Å²) in [7, 11) is 0. The van der Waals surface area contributed by atoms with Gasteiger partial charge in [-0.1, -0.05) is 12.1 Å².